The number of H-pyrrole nitrogens is 1. The Bertz CT molecular complexity index is 1660. The van der Waals surface area contributed by atoms with Crippen LogP contribution in [0.1, 0.15) is 59.1 Å². The van der Waals surface area contributed by atoms with Crippen molar-refractivity contribution in [3.8, 4) is 0 Å². The molecule has 0 bridgehead atoms. The summed E-state index contributed by atoms with van der Waals surface area (Å²) < 4.78 is 5.38. The van der Waals surface area contributed by atoms with Crippen molar-refractivity contribution in [3.63, 3.8) is 0 Å². The van der Waals surface area contributed by atoms with Gasteiger partial charge in [0.15, 0.2) is 0 Å². The number of nitrogens with zero attached hydrogens (tertiary/aromatic N) is 3. The van der Waals surface area contributed by atoms with Crippen LogP contribution in [0, 0.1) is 5.41 Å². The predicted molar refractivity (Wildman–Crippen MR) is 176 cm³/mol. The molecule has 2 aromatic carbocycles. The van der Waals surface area contributed by atoms with Crippen molar-refractivity contribution in [2.24, 2.45) is 10.5 Å². The fourth-order valence-electron chi connectivity index (χ4n) is 6.23. The van der Waals surface area contributed by atoms with Gasteiger partial charge in [0, 0.05) is 49.6 Å². The van der Waals surface area contributed by atoms with Crippen LogP contribution in [0.15, 0.2) is 65.9 Å². The standard InChI is InChI=1S/C35H44N6O5/c1-7-41-31(44)35(20-23-13-9-8-10-14-23)22-40(18-17-28(35)39-41)29(42)27(19-24-21-36-26-16-12-11-15-25(24)26)37-30(43)34(5,6)38-32(45)46-33(2,3)4/h8-16,21,27,36H,7,17-20,22H2,1-6H3,(H,37,43)(H,38,45)/t27-,35?/m1/s1. The molecule has 11 heteroatoms. The first kappa shape index (κ1) is 32.7. The van der Waals surface area contributed by atoms with Crippen molar-refractivity contribution < 1.29 is 23.9 Å². The third-order valence-electron chi connectivity index (χ3n) is 8.56. The molecule has 1 aromatic heterocycles. The van der Waals surface area contributed by atoms with Crippen LogP contribution >= 0.6 is 0 Å². The maximum Gasteiger partial charge on any atom is 0.408 e. The number of piperidine rings is 1. The van der Waals surface area contributed by atoms with Crippen LogP contribution in [0.3, 0.4) is 0 Å². The van der Waals surface area contributed by atoms with E-state index in [1.54, 1.807) is 39.5 Å². The fraction of sp³-hybridized carbons (Fsp3) is 0.457. The van der Waals surface area contributed by atoms with Crippen LogP contribution < -0.4 is 10.6 Å². The lowest BCUT2D eigenvalue weighted by Crippen LogP contribution is -2.62. The second-order valence-corrected chi connectivity index (χ2v) is 13.7. The molecule has 3 aromatic rings. The van der Waals surface area contributed by atoms with Gasteiger partial charge in [-0.15, -0.1) is 0 Å². The van der Waals surface area contributed by atoms with E-state index in [9.17, 15) is 19.2 Å². The minimum atomic E-state index is -1.39. The van der Waals surface area contributed by atoms with Gasteiger partial charge in [0.1, 0.15) is 22.6 Å². The SMILES string of the molecule is CCN1N=C2CCN(C(=O)[C@@H](Cc3c[nH]c4ccccc34)NC(=O)C(C)(C)NC(=O)OC(C)(C)C)CC2(Cc2ccccc2)C1=O. The molecule has 0 aliphatic carbocycles. The summed E-state index contributed by atoms with van der Waals surface area (Å²) in [6, 6.07) is 16.6. The van der Waals surface area contributed by atoms with Gasteiger partial charge in [-0.3, -0.25) is 14.4 Å². The highest BCUT2D eigenvalue weighted by atomic mass is 16.6. The van der Waals surface area contributed by atoms with E-state index >= 15 is 0 Å². The van der Waals surface area contributed by atoms with E-state index in [-0.39, 0.29) is 24.8 Å². The van der Waals surface area contributed by atoms with E-state index in [1.165, 1.54) is 5.01 Å². The minimum Gasteiger partial charge on any atom is -0.444 e. The number of alkyl carbamates (subject to hydrolysis) is 1. The maximum atomic E-state index is 14.5. The molecule has 1 fully saturated rings. The van der Waals surface area contributed by atoms with Crippen LogP contribution in [0.4, 0.5) is 4.79 Å². The number of hydrogen-bond acceptors (Lipinski definition) is 6. The van der Waals surface area contributed by atoms with Crippen molar-refractivity contribution in [3.05, 3.63) is 71.9 Å². The number of hydrogen-bond donors (Lipinski definition) is 3. The normalized spacial score (nSPS) is 19.0. The molecule has 0 saturated carbocycles. The number of hydrazone groups is 1. The number of carbonyl (C=O) groups is 4. The van der Waals surface area contributed by atoms with Crippen LogP contribution in [0.2, 0.25) is 0 Å². The number of amides is 4. The van der Waals surface area contributed by atoms with Crippen LogP contribution in [0.25, 0.3) is 10.9 Å². The zero-order valence-electron chi connectivity index (χ0n) is 27.5. The molecule has 46 heavy (non-hydrogen) atoms. The van der Waals surface area contributed by atoms with Crippen LogP contribution in [-0.2, 0) is 32.0 Å². The lowest BCUT2D eigenvalue weighted by Gasteiger charge is -2.41. The number of carbonyl (C=O) groups excluding carboxylic acids is 4. The van der Waals surface area contributed by atoms with Gasteiger partial charge in [0.05, 0.1) is 5.71 Å². The molecule has 0 radical (unpaired) electrons. The molecule has 2 aliphatic heterocycles. The first-order valence-corrected chi connectivity index (χ1v) is 15.8. The Labute approximate surface area is 269 Å². The monoisotopic (exact) mass is 628 g/mol. The maximum absolute atomic E-state index is 14.5. The zero-order valence-corrected chi connectivity index (χ0v) is 27.5. The molecule has 1 unspecified atom stereocenters. The second kappa shape index (κ2) is 12.6. The molecule has 3 heterocycles. The fourth-order valence-corrected chi connectivity index (χ4v) is 6.23. The second-order valence-electron chi connectivity index (χ2n) is 13.7. The highest BCUT2D eigenvalue weighted by Crippen LogP contribution is 2.39. The van der Waals surface area contributed by atoms with Gasteiger partial charge in [-0.2, -0.15) is 5.10 Å². The average Bonchev–Trinajstić information content (AvgIpc) is 3.53. The number of aromatic nitrogens is 1. The van der Waals surface area contributed by atoms with Crippen molar-refractivity contribution in [2.45, 2.75) is 78.0 Å². The number of fused-ring (bicyclic) bond motifs is 2. The van der Waals surface area contributed by atoms with E-state index in [4.69, 9.17) is 4.74 Å². The molecule has 0 spiro atoms. The number of aromatic amines is 1. The topological polar surface area (TPSA) is 136 Å². The number of rotatable bonds is 9. The molecule has 1 saturated heterocycles. The molecular weight excluding hydrogens is 584 g/mol. The lowest BCUT2D eigenvalue weighted by atomic mass is 9.73. The molecule has 2 aliphatic rings. The van der Waals surface area contributed by atoms with E-state index in [2.05, 4.69) is 20.7 Å². The van der Waals surface area contributed by atoms with Crippen molar-refractivity contribution in [1.82, 2.24) is 25.5 Å². The molecule has 11 nitrogen and oxygen atoms in total. The summed E-state index contributed by atoms with van der Waals surface area (Å²) in [5, 5.41) is 12.7. The van der Waals surface area contributed by atoms with E-state index in [1.807, 2.05) is 67.7 Å². The van der Waals surface area contributed by atoms with Gasteiger partial charge in [-0.25, -0.2) is 9.80 Å². The summed E-state index contributed by atoms with van der Waals surface area (Å²) in [6.07, 6.45) is 2.17. The van der Waals surface area contributed by atoms with Crippen molar-refractivity contribution in [2.75, 3.05) is 19.6 Å². The van der Waals surface area contributed by atoms with Crippen LogP contribution in [0.5, 0.6) is 0 Å². The number of para-hydroxylation sites is 1. The predicted octanol–water partition coefficient (Wildman–Crippen LogP) is 4.18. The molecule has 244 valence electrons. The number of likely N-dealkylation sites (tertiary alicyclic amines) is 1. The molecule has 3 N–H and O–H groups in total. The lowest BCUT2D eigenvalue weighted by molar-refractivity contribution is -0.143. The number of ether oxygens (including phenoxy) is 1. The van der Waals surface area contributed by atoms with Crippen LogP contribution in [-0.4, -0.2) is 81.2 Å². The van der Waals surface area contributed by atoms with E-state index < -0.39 is 34.6 Å². The Balaban J connectivity index is 1.44. The third kappa shape index (κ3) is 6.78. The minimum absolute atomic E-state index is 0.119. The molecular formula is C35H44N6O5. The van der Waals surface area contributed by atoms with Gasteiger partial charge in [-0.1, -0.05) is 48.5 Å². The van der Waals surface area contributed by atoms with Crippen molar-refractivity contribution >= 4 is 40.4 Å². The average molecular weight is 629 g/mol. The van der Waals surface area contributed by atoms with Gasteiger partial charge >= 0.3 is 6.09 Å². The first-order valence-electron chi connectivity index (χ1n) is 15.8. The third-order valence-corrected chi connectivity index (χ3v) is 8.56. The Morgan fingerprint density at radius 2 is 1.74 bits per heavy atom. The number of benzene rings is 2. The highest BCUT2D eigenvalue weighted by molar-refractivity contribution is 6.14. The summed E-state index contributed by atoms with van der Waals surface area (Å²) in [7, 11) is 0. The Hall–Kier alpha value is -4.67. The summed E-state index contributed by atoms with van der Waals surface area (Å²) in [4.78, 5) is 59.6. The van der Waals surface area contributed by atoms with E-state index in [0.717, 1.165) is 27.7 Å². The van der Waals surface area contributed by atoms with Gasteiger partial charge in [0.2, 0.25) is 11.8 Å². The summed E-state index contributed by atoms with van der Waals surface area (Å²) >= 11 is 0. The summed E-state index contributed by atoms with van der Waals surface area (Å²) in [6.45, 7) is 11.2. The van der Waals surface area contributed by atoms with Gasteiger partial charge < -0.3 is 25.3 Å². The Morgan fingerprint density at radius 1 is 1.04 bits per heavy atom. The number of nitrogens with one attached hydrogen (secondary N) is 3. The molecule has 5 rings (SSSR count). The van der Waals surface area contributed by atoms with Gasteiger partial charge in [0.25, 0.3) is 5.91 Å². The first-order chi connectivity index (χ1) is 21.7. The molecule has 4 amide bonds. The highest BCUT2D eigenvalue weighted by Gasteiger charge is 2.54. The quantitative estimate of drug-likeness (QED) is 0.327. The largest absolute Gasteiger partial charge is 0.444 e. The zero-order chi connectivity index (χ0) is 33.3. The smallest absolute Gasteiger partial charge is 0.408 e. The Kier molecular flexibility index (Phi) is 8.97. The molecule has 2 atom stereocenters. The summed E-state index contributed by atoms with van der Waals surface area (Å²) in [5.74, 6) is -0.962. The van der Waals surface area contributed by atoms with Gasteiger partial charge in [-0.05, 0) is 65.2 Å². The van der Waals surface area contributed by atoms with E-state index in [0.29, 0.717) is 25.9 Å². The summed E-state index contributed by atoms with van der Waals surface area (Å²) in [5.41, 5.74) is 0.417. The van der Waals surface area contributed by atoms with Crippen molar-refractivity contribution in [1.29, 1.82) is 0 Å². The Morgan fingerprint density at radius 3 is 2.43 bits per heavy atom.